The molecule has 2 bridgehead atoms. The van der Waals surface area contributed by atoms with Crippen molar-refractivity contribution in [3.05, 3.63) is 41.0 Å². The lowest BCUT2D eigenvalue weighted by Crippen LogP contribution is -2.37. The third-order valence-electron chi connectivity index (χ3n) is 5.54. The fourth-order valence-corrected chi connectivity index (χ4v) is 4.36. The van der Waals surface area contributed by atoms with Crippen molar-refractivity contribution in [1.29, 1.82) is 0 Å². The van der Waals surface area contributed by atoms with Crippen LogP contribution in [0.15, 0.2) is 18.3 Å². The van der Waals surface area contributed by atoms with E-state index in [4.69, 9.17) is 14.2 Å². The average molecular weight is 355 g/mol. The van der Waals surface area contributed by atoms with Gasteiger partial charge in [0, 0.05) is 36.8 Å². The lowest BCUT2D eigenvalue weighted by atomic mass is 9.98. The van der Waals surface area contributed by atoms with Crippen LogP contribution in [0.2, 0.25) is 0 Å². The van der Waals surface area contributed by atoms with Crippen LogP contribution in [0.1, 0.15) is 41.5 Å². The van der Waals surface area contributed by atoms with Crippen LogP contribution in [0.3, 0.4) is 0 Å². The zero-order valence-corrected chi connectivity index (χ0v) is 15.8. The summed E-state index contributed by atoms with van der Waals surface area (Å²) in [6.45, 7) is 2.81. The van der Waals surface area contributed by atoms with Crippen molar-refractivity contribution in [1.82, 2.24) is 14.9 Å². The fourth-order valence-electron chi connectivity index (χ4n) is 4.36. The smallest absolute Gasteiger partial charge is 0.203 e. The maximum atomic E-state index is 5.50. The molecule has 1 aromatic heterocycles. The molecule has 2 aliphatic heterocycles. The lowest BCUT2D eigenvalue weighted by molar-refractivity contribution is 0.165. The van der Waals surface area contributed by atoms with E-state index in [0.717, 1.165) is 30.8 Å². The summed E-state index contributed by atoms with van der Waals surface area (Å²) in [5, 5.41) is 0. The minimum absolute atomic E-state index is 0.392. The van der Waals surface area contributed by atoms with Gasteiger partial charge in [-0.25, -0.2) is 9.97 Å². The van der Waals surface area contributed by atoms with E-state index in [-0.39, 0.29) is 0 Å². The predicted molar refractivity (Wildman–Crippen MR) is 97.9 cm³/mol. The van der Waals surface area contributed by atoms with Gasteiger partial charge in [-0.2, -0.15) is 0 Å². The van der Waals surface area contributed by atoms with E-state index >= 15 is 0 Å². The average Bonchev–Trinajstić information content (AvgIpc) is 2.92. The molecule has 138 valence electrons. The van der Waals surface area contributed by atoms with Crippen LogP contribution < -0.4 is 14.2 Å². The molecule has 0 N–H and O–H groups in total. The Balaban J connectivity index is 1.65. The normalized spacial score (nSPS) is 21.4. The van der Waals surface area contributed by atoms with Crippen molar-refractivity contribution < 1.29 is 14.2 Å². The van der Waals surface area contributed by atoms with Crippen LogP contribution in [0.4, 0.5) is 0 Å². The molecule has 0 amide bonds. The van der Waals surface area contributed by atoms with E-state index in [1.54, 1.807) is 21.3 Å². The molecule has 1 fully saturated rings. The first-order valence-corrected chi connectivity index (χ1v) is 9.01. The first kappa shape index (κ1) is 17.1. The number of aryl methyl sites for hydroxylation is 1. The van der Waals surface area contributed by atoms with Gasteiger partial charge in [-0.3, -0.25) is 4.90 Å². The van der Waals surface area contributed by atoms with Crippen LogP contribution in [-0.4, -0.2) is 42.2 Å². The number of fused-ring (bicyclic) bond motifs is 4. The van der Waals surface area contributed by atoms with E-state index in [2.05, 4.69) is 14.9 Å². The van der Waals surface area contributed by atoms with Gasteiger partial charge in [-0.1, -0.05) is 0 Å². The Morgan fingerprint density at radius 2 is 1.81 bits per heavy atom. The minimum atomic E-state index is 0.392. The predicted octanol–water partition coefficient (Wildman–Crippen LogP) is 3.07. The van der Waals surface area contributed by atoms with E-state index in [0.29, 0.717) is 29.3 Å². The lowest BCUT2D eigenvalue weighted by Gasteiger charge is -2.35. The standard InChI is InChI=1S/C20H25N3O3/c1-12-21-10-15-16(22-12)9-14-5-6-17(15)23(14)11-13-7-18(24-2)20(26-4)19(8-13)25-3/h7-8,10,14,17H,5-6,9,11H2,1-4H3/t14-,17+/m1/s1. The summed E-state index contributed by atoms with van der Waals surface area (Å²) < 4.78 is 16.4. The number of rotatable bonds is 5. The van der Waals surface area contributed by atoms with Gasteiger partial charge in [0.2, 0.25) is 5.75 Å². The zero-order chi connectivity index (χ0) is 18.3. The Morgan fingerprint density at radius 1 is 1.08 bits per heavy atom. The fraction of sp³-hybridized carbons (Fsp3) is 0.500. The summed E-state index contributed by atoms with van der Waals surface area (Å²) in [6.07, 6.45) is 5.38. The van der Waals surface area contributed by atoms with Gasteiger partial charge in [0.05, 0.1) is 27.0 Å². The second-order valence-corrected chi connectivity index (χ2v) is 6.98. The van der Waals surface area contributed by atoms with Gasteiger partial charge in [0.25, 0.3) is 0 Å². The van der Waals surface area contributed by atoms with Crippen molar-refractivity contribution in [2.75, 3.05) is 21.3 Å². The highest BCUT2D eigenvalue weighted by atomic mass is 16.5. The van der Waals surface area contributed by atoms with Gasteiger partial charge in [0.15, 0.2) is 11.5 Å². The first-order chi connectivity index (χ1) is 12.6. The number of aromatic nitrogens is 2. The summed E-state index contributed by atoms with van der Waals surface area (Å²) in [5.74, 6) is 2.90. The molecule has 1 saturated heterocycles. The molecule has 4 rings (SSSR count). The molecule has 0 saturated carbocycles. The summed E-state index contributed by atoms with van der Waals surface area (Å²) in [7, 11) is 4.94. The summed E-state index contributed by atoms with van der Waals surface area (Å²) in [6, 6.07) is 5.01. The zero-order valence-electron chi connectivity index (χ0n) is 15.8. The van der Waals surface area contributed by atoms with Crippen LogP contribution in [-0.2, 0) is 13.0 Å². The molecule has 6 nitrogen and oxygen atoms in total. The Hall–Kier alpha value is -2.34. The first-order valence-electron chi connectivity index (χ1n) is 9.01. The number of hydrogen-bond acceptors (Lipinski definition) is 6. The van der Waals surface area contributed by atoms with Crippen LogP contribution in [0, 0.1) is 6.92 Å². The number of benzene rings is 1. The maximum Gasteiger partial charge on any atom is 0.203 e. The Labute approximate surface area is 154 Å². The molecule has 0 aliphatic carbocycles. The minimum Gasteiger partial charge on any atom is -0.493 e. The van der Waals surface area contributed by atoms with E-state index in [1.807, 2.05) is 25.3 Å². The quantitative estimate of drug-likeness (QED) is 0.822. The van der Waals surface area contributed by atoms with Gasteiger partial charge < -0.3 is 14.2 Å². The maximum absolute atomic E-state index is 5.50. The highest BCUT2D eigenvalue weighted by Crippen LogP contribution is 2.45. The molecule has 2 atom stereocenters. The summed E-state index contributed by atoms with van der Waals surface area (Å²) in [5.41, 5.74) is 3.68. The number of ether oxygens (including phenoxy) is 3. The van der Waals surface area contributed by atoms with Crippen LogP contribution in [0.25, 0.3) is 0 Å². The molecular formula is C20H25N3O3. The second kappa shape index (κ2) is 6.76. The third-order valence-corrected chi connectivity index (χ3v) is 5.54. The number of methoxy groups -OCH3 is 3. The van der Waals surface area contributed by atoms with Crippen molar-refractivity contribution >= 4 is 0 Å². The molecule has 0 spiro atoms. The van der Waals surface area contributed by atoms with Crippen molar-refractivity contribution in [2.24, 2.45) is 0 Å². The van der Waals surface area contributed by atoms with E-state index in [9.17, 15) is 0 Å². The molecule has 0 radical (unpaired) electrons. The molecule has 6 heteroatoms. The summed E-state index contributed by atoms with van der Waals surface area (Å²) in [4.78, 5) is 11.7. The van der Waals surface area contributed by atoms with Gasteiger partial charge >= 0.3 is 0 Å². The molecular weight excluding hydrogens is 330 g/mol. The van der Waals surface area contributed by atoms with Gasteiger partial charge in [-0.05, 0) is 37.5 Å². The molecule has 26 heavy (non-hydrogen) atoms. The molecule has 2 aliphatic rings. The highest BCUT2D eigenvalue weighted by Gasteiger charge is 2.40. The van der Waals surface area contributed by atoms with E-state index < -0.39 is 0 Å². The Morgan fingerprint density at radius 3 is 2.46 bits per heavy atom. The van der Waals surface area contributed by atoms with E-state index in [1.165, 1.54) is 17.7 Å². The van der Waals surface area contributed by atoms with Gasteiger partial charge in [0.1, 0.15) is 5.82 Å². The van der Waals surface area contributed by atoms with Crippen molar-refractivity contribution in [3.63, 3.8) is 0 Å². The SMILES string of the molecule is COc1cc(CN2[C@@H]3CC[C@H]2c2cnc(C)nc2C3)cc(OC)c1OC. The number of hydrogen-bond donors (Lipinski definition) is 0. The van der Waals surface area contributed by atoms with Crippen molar-refractivity contribution in [2.45, 2.75) is 44.8 Å². The second-order valence-electron chi connectivity index (χ2n) is 6.98. The third kappa shape index (κ3) is 2.78. The van der Waals surface area contributed by atoms with Crippen LogP contribution in [0.5, 0.6) is 17.2 Å². The molecule has 0 unspecified atom stereocenters. The molecule has 1 aromatic carbocycles. The number of nitrogens with zero attached hydrogens (tertiary/aromatic N) is 3. The highest BCUT2D eigenvalue weighted by molar-refractivity contribution is 5.54. The largest absolute Gasteiger partial charge is 0.493 e. The topological polar surface area (TPSA) is 56.7 Å². The van der Waals surface area contributed by atoms with Crippen LogP contribution >= 0.6 is 0 Å². The van der Waals surface area contributed by atoms with Gasteiger partial charge in [-0.15, -0.1) is 0 Å². The monoisotopic (exact) mass is 355 g/mol. The molecule has 2 aromatic rings. The summed E-state index contributed by atoms with van der Waals surface area (Å²) >= 11 is 0. The Kier molecular flexibility index (Phi) is 4.44. The molecule has 3 heterocycles. The van der Waals surface area contributed by atoms with Crippen molar-refractivity contribution in [3.8, 4) is 17.2 Å². The Bertz CT molecular complexity index is 799.